The van der Waals surface area contributed by atoms with E-state index in [1.165, 1.54) is 0 Å². The van der Waals surface area contributed by atoms with Gasteiger partial charge >= 0.3 is 0 Å². The van der Waals surface area contributed by atoms with Crippen LogP contribution in [0, 0.1) is 0 Å². The maximum Gasteiger partial charge on any atom is 0.108 e. The van der Waals surface area contributed by atoms with E-state index >= 15 is 0 Å². The van der Waals surface area contributed by atoms with Crippen molar-refractivity contribution >= 4 is 35.0 Å². The Morgan fingerprint density at radius 1 is 0.875 bits per heavy atom. The van der Waals surface area contributed by atoms with Crippen LogP contribution in [0.5, 0.6) is 0 Å². The smallest absolute Gasteiger partial charge is 0.105 e. The summed E-state index contributed by atoms with van der Waals surface area (Å²) in [5.74, 6) is 0. The molecule has 82 valence electrons. The molecule has 0 N–H and O–H groups in total. The quantitative estimate of drug-likeness (QED) is 0.533. The Hall–Kier alpha value is -0.630. The molecule has 0 heterocycles. The molecule has 0 bridgehead atoms. The molecule has 0 fully saturated rings. The average molecular weight is 269 g/mol. The standard InChI is InChI=1S/C13H10Cl2S/c14-11-6-8-12(9-7-11)16-13(15)10-4-2-1-3-5-10/h1-9,13H. The van der Waals surface area contributed by atoms with Gasteiger partial charge in [0, 0.05) is 9.92 Å². The molecular formula is C13H10Cl2S. The Labute approximate surface area is 110 Å². The highest BCUT2D eigenvalue weighted by Crippen LogP contribution is 2.38. The van der Waals surface area contributed by atoms with Crippen LogP contribution in [0.15, 0.2) is 59.5 Å². The highest BCUT2D eigenvalue weighted by molar-refractivity contribution is 8.00. The number of hydrogen-bond donors (Lipinski definition) is 0. The van der Waals surface area contributed by atoms with Gasteiger partial charge in [-0.1, -0.05) is 41.9 Å². The first-order valence-electron chi connectivity index (χ1n) is 4.87. The monoisotopic (exact) mass is 268 g/mol. The lowest BCUT2D eigenvalue weighted by atomic mass is 10.2. The molecule has 0 saturated carbocycles. The first kappa shape index (κ1) is 11.8. The third kappa shape index (κ3) is 3.18. The summed E-state index contributed by atoms with van der Waals surface area (Å²) in [4.78, 5) is 1.12. The van der Waals surface area contributed by atoms with Crippen LogP contribution >= 0.6 is 35.0 Å². The summed E-state index contributed by atoms with van der Waals surface area (Å²) < 4.78 is -0.0672. The molecule has 1 unspecified atom stereocenters. The molecule has 0 aliphatic heterocycles. The van der Waals surface area contributed by atoms with Gasteiger partial charge in [0.2, 0.25) is 0 Å². The van der Waals surface area contributed by atoms with Crippen molar-refractivity contribution in [3.8, 4) is 0 Å². The van der Waals surface area contributed by atoms with Crippen molar-refractivity contribution in [2.75, 3.05) is 0 Å². The molecule has 0 radical (unpaired) electrons. The zero-order valence-electron chi connectivity index (χ0n) is 8.44. The van der Waals surface area contributed by atoms with E-state index in [4.69, 9.17) is 23.2 Å². The van der Waals surface area contributed by atoms with Gasteiger partial charge in [-0.2, -0.15) is 0 Å². The highest BCUT2D eigenvalue weighted by Gasteiger charge is 2.08. The second-order valence-corrected chi connectivity index (χ2v) is 5.61. The number of alkyl halides is 1. The SMILES string of the molecule is Clc1ccc(SC(Cl)c2ccccc2)cc1. The predicted octanol–water partition coefficient (Wildman–Crippen LogP) is 5.37. The van der Waals surface area contributed by atoms with Gasteiger partial charge < -0.3 is 0 Å². The number of rotatable bonds is 3. The molecule has 0 aliphatic rings. The molecule has 2 aromatic rings. The van der Waals surface area contributed by atoms with Crippen molar-refractivity contribution < 1.29 is 0 Å². The van der Waals surface area contributed by atoms with Gasteiger partial charge in [0.15, 0.2) is 0 Å². The van der Waals surface area contributed by atoms with Gasteiger partial charge in [-0.05, 0) is 29.8 Å². The van der Waals surface area contributed by atoms with Gasteiger partial charge in [0.05, 0.1) is 0 Å². The number of hydrogen-bond acceptors (Lipinski definition) is 1. The minimum atomic E-state index is -0.0672. The van der Waals surface area contributed by atoms with E-state index in [-0.39, 0.29) is 4.71 Å². The molecule has 0 aliphatic carbocycles. The minimum Gasteiger partial charge on any atom is -0.105 e. The number of benzene rings is 2. The third-order valence-corrected chi connectivity index (χ3v) is 3.91. The summed E-state index contributed by atoms with van der Waals surface area (Å²) in [5.41, 5.74) is 1.11. The van der Waals surface area contributed by atoms with Gasteiger partial charge in [-0.15, -0.1) is 23.4 Å². The Balaban J connectivity index is 2.08. The fraction of sp³-hybridized carbons (Fsp3) is 0.0769. The van der Waals surface area contributed by atoms with Crippen molar-refractivity contribution in [1.29, 1.82) is 0 Å². The topological polar surface area (TPSA) is 0 Å². The van der Waals surface area contributed by atoms with Crippen LogP contribution in [0.2, 0.25) is 5.02 Å². The first-order chi connectivity index (χ1) is 7.75. The molecule has 1 atom stereocenters. The summed E-state index contributed by atoms with van der Waals surface area (Å²) in [6, 6.07) is 17.7. The zero-order valence-corrected chi connectivity index (χ0v) is 10.8. The van der Waals surface area contributed by atoms with E-state index in [1.807, 2.05) is 54.6 Å². The van der Waals surface area contributed by atoms with Crippen LogP contribution in [0.1, 0.15) is 10.3 Å². The van der Waals surface area contributed by atoms with Gasteiger partial charge in [0.1, 0.15) is 4.71 Å². The summed E-state index contributed by atoms with van der Waals surface area (Å²) in [7, 11) is 0. The van der Waals surface area contributed by atoms with Crippen LogP contribution in [-0.4, -0.2) is 0 Å². The summed E-state index contributed by atoms with van der Waals surface area (Å²) in [6.45, 7) is 0. The molecule has 0 amide bonds. The minimum absolute atomic E-state index is 0.0672. The van der Waals surface area contributed by atoms with Crippen molar-refractivity contribution in [2.45, 2.75) is 9.60 Å². The molecule has 16 heavy (non-hydrogen) atoms. The van der Waals surface area contributed by atoms with E-state index < -0.39 is 0 Å². The summed E-state index contributed by atoms with van der Waals surface area (Å²) >= 11 is 13.7. The van der Waals surface area contributed by atoms with Crippen molar-refractivity contribution in [2.24, 2.45) is 0 Å². The Bertz CT molecular complexity index is 439. The van der Waals surface area contributed by atoms with Crippen LogP contribution in [-0.2, 0) is 0 Å². The number of thioether (sulfide) groups is 1. The van der Waals surface area contributed by atoms with Crippen LogP contribution < -0.4 is 0 Å². The normalized spacial score (nSPS) is 12.4. The lowest BCUT2D eigenvalue weighted by Gasteiger charge is -2.09. The van der Waals surface area contributed by atoms with Crippen LogP contribution in [0.3, 0.4) is 0 Å². The van der Waals surface area contributed by atoms with Gasteiger partial charge in [0.25, 0.3) is 0 Å². The Morgan fingerprint density at radius 3 is 2.12 bits per heavy atom. The number of halogens is 2. The molecule has 0 saturated heterocycles. The zero-order chi connectivity index (χ0) is 11.4. The van der Waals surface area contributed by atoms with Crippen molar-refractivity contribution in [3.05, 3.63) is 65.2 Å². The van der Waals surface area contributed by atoms with E-state index in [0.29, 0.717) is 0 Å². The summed E-state index contributed by atoms with van der Waals surface area (Å²) in [5, 5.41) is 0.746. The first-order valence-corrected chi connectivity index (χ1v) is 6.56. The lowest BCUT2D eigenvalue weighted by molar-refractivity contribution is 1.34. The van der Waals surface area contributed by atoms with E-state index in [1.54, 1.807) is 11.8 Å². The molecule has 2 aromatic carbocycles. The van der Waals surface area contributed by atoms with E-state index in [2.05, 4.69) is 0 Å². The molecule has 0 spiro atoms. The third-order valence-electron chi connectivity index (χ3n) is 2.11. The maximum atomic E-state index is 6.31. The second-order valence-electron chi connectivity index (χ2n) is 3.30. The molecule has 2 rings (SSSR count). The van der Waals surface area contributed by atoms with Crippen molar-refractivity contribution in [1.82, 2.24) is 0 Å². The Kier molecular flexibility index (Phi) is 4.16. The molecule has 0 nitrogen and oxygen atoms in total. The molecular weight excluding hydrogens is 259 g/mol. The van der Waals surface area contributed by atoms with E-state index in [9.17, 15) is 0 Å². The van der Waals surface area contributed by atoms with Gasteiger partial charge in [-0.3, -0.25) is 0 Å². The van der Waals surface area contributed by atoms with Crippen LogP contribution in [0.4, 0.5) is 0 Å². The fourth-order valence-electron chi connectivity index (χ4n) is 1.31. The van der Waals surface area contributed by atoms with E-state index in [0.717, 1.165) is 15.5 Å². The Morgan fingerprint density at radius 2 is 1.50 bits per heavy atom. The van der Waals surface area contributed by atoms with Crippen LogP contribution in [0.25, 0.3) is 0 Å². The second kappa shape index (κ2) is 5.62. The lowest BCUT2D eigenvalue weighted by Crippen LogP contribution is -1.84. The van der Waals surface area contributed by atoms with Crippen molar-refractivity contribution in [3.63, 3.8) is 0 Å². The molecule has 3 heteroatoms. The average Bonchev–Trinajstić information content (AvgIpc) is 2.33. The van der Waals surface area contributed by atoms with Gasteiger partial charge in [-0.25, -0.2) is 0 Å². The maximum absolute atomic E-state index is 6.31. The fourth-order valence-corrected chi connectivity index (χ4v) is 2.71. The summed E-state index contributed by atoms with van der Waals surface area (Å²) in [6.07, 6.45) is 0. The molecule has 0 aromatic heterocycles. The largest absolute Gasteiger partial charge is 0.108 e. The highest BCUT2D eigenvalue weighted by atomic mass is 35.5. The predicted molar refractivity (Wildman–Crippen MR) is 72.3 cm³/mol.